The lowest BCUT2D eigenvalue weighted by Gasteiger charge is -2.33. The zero-order valence-electron chi connectivity index (χ0n) is 22.4. The minimum absolute atomic E-state index is 0.144. The molecule has 3 aliphatic rings. The molecule has 2 unspecified atom stereocenters. The number of rotatable bonds is 11. The molecule has 2 aromatic carbocycles. The number of benzene rings is 2. The Hall–Kier alpha value is -2.97. The number of ether oxygens (including phenoxy) is 1. The fourth-order valence-corrected chi connectivity index (χ4v) is 6.95. The topological polar surface area (TPSA) is 108 Å². The average Bonchev–Trinajstić information content (AvgIpc) is 3.47. The summed E-state index contributed by atoms with van der Waals surface area (Å²) in [6.45, 7) is 5.02. The van der Waals surface area contributed by atoms with Crippen LogP contribution in [-0.4, -0.2) is 64.7 Å². The minimum atomic E-state index is -1.02. The first-order chi connectivity index (χ1) is 18.3. The molecule has 2 bridgehead atoms. The second-order valence-electron chi connectivity index (χ2n) is 11.2. The largest absolute Gasteiger partial charge is 0.396 e. The first kappa shape index (κ1) is 26.6. The molecule has 0 aromatic heterocycles. The molecule has 5 rings (SSSR count). The fraction of sp³-hybridized carbons (Fsp3) is 0.567. The van der Waals surface area contributed by atoms with Crippen molar-refractivity contribution in [3.63, 3.8) is 0 Å². The predicted molar refractivity (Wildman–Crippen MR) is 145 cm³/mol. The second kappa shape index (κ2) is 10.7. The highest BCUT2D eigenvalue weighted by Gasteiger charge is 2.77. The molecule has 0 radical (unpaired) electrons. The number of carbonyl (C=O) groups excluding carboxylic acids is 3. The van der Waals surface area contributed by atoms with Crippen molar-refractivity contribution < 1.29 is 24.2 Å². The van der Waals surface area contributed by atoms with E-state index in [1.807, 2.05) is 56.3 Å². The second-order valence-corrected chi connectivity index (χ2v) is 11.2. The van der Waals surface area contributed by atoms with E-state index in [1.54, 1.807) is 4.90 Å². The summed E-state index contributed by atoms with van der Waals surface area (Å²) in [5.41, 5.74) is -1.13. The molecule has 0 aliphatic carbocycles. The van der Waals surface area contributed by atoms with Crippen LogP contribution in [0.2, 0.25) is 0 Å². The fourth-order valence-electron chi connectivity index (χ4n) is 6.95. The third-order valence-electron chi connectivity index (χ3n) is 8.68. The molecule has 3 amide bonds. The molecule has 8 nitrogen and oxygen atoms in total. The molecule has 5 atom stereocenters. The maximum absolute atomic E-state index is 14.0. The third-order valence-corrected chi connectivity index (χ3v) is 8.68. The van der Waals surface area contributed by atoms with Crippen LogP contribution in [0.5, 0.6) is 0 Å². The number of likely N-dealkylation sites (tertiary alicyclic amines) is 1. The molecule has 204 valence electrons. The molecular formula is C30H39N3O5. The summed E-state index contributed by atoms with van der Waals surface area (Å²) in [6.07, 6.45) is 5.14. The van der Waals surface area contributed by atoms with Gasteiger partial charge in [0.1, 0.15) is 11.6 Å². The maximum atomic E-state index is 14.0. The van der Waals surface area contributed by atoms with E-state index < -0.39 is 29.1 Å². The van der Waals surface area contributed by atoms with Crippen LogP contribution in [-0.2, 0) is 19.1 Å². The van der Waals surface area contributed by atoms with E-state index in [0.29, 0.717) is 38.0 Å². The number of nitrogens with one attached hydrogen (secondary N) is 2. The van der Waals surface area contributed by atoms with Crippen LogP contribution in [0.3, 0.4) is 0 Å². The Bertz CT molecular complexity index is 1220. The summed E-state index contributed by atoms with van der Waals surface area (Å²) < 4.78 is 6.66. The number of nitrogens with zero attached hydrogens (tertiary/aromatic N) is 1. The first-order valence-corrected chi connectivity index (χ1v) is 14.0. The Kier molecular flexibility index (Phi) is 7.47. The van der Waals surface area contributed by atoms with E-state index in [9.17, 15) is 14.4 Å². The van der Waals surface area contributed by atoms with Gasteiger partial charge >= 0.3 is 0 Å². The number of fused-ring (bicyclic) bond motifs is 2. The van der Waals surface area contributed by atoms with E-state index in [1.165, 1.54) is 0 Å². The quantitative estimate of drug-likeness (QED) is 0.392. The Morgan fingerprint density at radius 2 is 1.82 bits per heavy atom. The van der Waals surface area contributed by atoms with Crippen molar-refractivity contribution in [2.75, 3.05) is 25.0 Å². The van der Waals surface area contributed by atoms with Gasteiger partial charge in [0.15, 0.2) is 0 Å². The number of aliphatic hydroxyl groups is 1. The highest BCUT2D eigenvalue weighted by Crippen LogP contribution is 2.63. The maximum Gasteiger partial charge on any atom is 0.250 e. The van der Waals surface area contributed by atoms with E-state index in [0.717, 1.165) is 36.5 Å². The molecular weight excluding hydrogens is 482 g/mol. The van der Waals surface area contributed by atoms with Crippen LogP contribution in [0.15, 0.2) is 42.5 Å². The number of amides is 3. The molecule has 38 heavy (non-hydrogen) atoms. The number of aliphatic hydroxyl groups excluding tert-OH is 1. The molecule has 3 saturated heterocycles. The number of anilines is 1. The van der Waals surface area contributed by atoms with Crippen molar-refractivity contribution in [1.29, 1.82) is 0 Å². The van der Waals surface area contributed by atoms with Gasteiger partial charge in [0.25, 0.3) is 0 Å². The normalized spacial score (nSPS) is 29.6. The predicted octanol–water partition coefficient (Wildman–Crippen LogP) is 3.62. The summed E-state index contributed by atoms with van der Waals surface area (Å²) in [4.78, 5) is 43.0. The lowest BCUT2D eigenvalue weighted by molar-refractivity contribution is -0.144. The van der Waals surface area contributed by atoms with E-state index >= 15 is 0 Å². The Morgan fingerprint density at radius 1 is 1.05 bits per heavy atom. The lowest BCUT2D eigenvalue weighted by Crippen LogP contribution is -2.53. The molecule has 3 fully saturated rings. The molecule has 8 heteroatoms. The van der Waals surface area contributed by atoms with Crippen molar-refractivity contribution in [3.05, 3.63) is 42.5 Å². The molecule has 3 N–H and O–H groups in total. The van der Waals surface area contributed by atoms with Crippen LogP contribution < -0.4 is 10.6 Å². The van der Waals surface area contributed by atoms with Gasteiger partial charge in [0.2, 0.25) is 17.7 Å². The average molecular weight is 522 g/mol. The summed E-state index contributed by atoms with van der Waals surface area (Å²) in [6, 6.07) is 12.9. The number of hydrogen-bond acceptors (Lipinski definition) is 5. The zero-order chi connectivity index (χ0) is 26.9. The zero-order valence-corrected chi connectivity index (χ0v) is 22.4. The summed E-state index contributed by atoms with van der Waals surface area (Å²) in [7, 11) is 0. The van der Waals surface area contributed by atoms with Gasteiger partial charge in [-0.1, -0.05) is 50.1 Å². The van der Waals surface area contributed by atoms with Gasteiger partial charge in [-0.25, -0.2) is 0 Å². The van der Waals surface area contributed by atoms with Crippen molar-refractivity contribution in [1.82, 2.24) is 10.2 Å². The molecule has 1 spiro atoms. The van der Waals surface area contributed by atoms with Gasteiger partial charge in [0.05, 0.1) is 17.4 Å². The highest BCUT2D eigenvalue weighted by atomic mass is 16.5. The number of unbranched alkanes of at least 4 members (excludes halogenated alkanes) is 3. The SMILES string of the molecule is CCCNC(=O)[C@@H]1[C@H]2C(=O)N(CCCCCCO)C(C(=O)Nc3ccc4ccccc4c3)C23CC[C@@]1(C)O3. The monoisotopic (exact) mass is 521 g/mol. The van der Waals surface area contributed by atoms with Crippen LogP contribution in [0.25, 0.3) is 10.8 Å². The van der Waals surface area contributed by atoms with Crippen molar-refractivity contribution in [2.24, 2.45) is 11.8 Å². The summed E-state index contributed by atoms with van der Waals surface area (Å²) >= 11 is 0. The van der Waals surface area contributed by atoms with Crippen LogP contribution in [0.1, 0.15) is 58.8 Å². The number of carbonyl (C=O) groups is 3. The van der Waals surface area contributed by atoms with Crippen LogP contribution >= 0.6 is 0 Å². The third kappa shape index (κ3) is 4.47. The summed E-state index contributed by atoms with van der Waals surface area (Å²) in [5.74, 6) is -1.89. The van der Waals surface area contributed by atoms with Gasteiger partial charge in [0, 0.05) is 25.4 Å². The molecule has 2 aromatic rings. The van der Waals surface area contributed by atoms with E-state index in [4.69, 9.17) is 9.84 Å². The highest BCUT2D eigenvalue weighted by molar-refractivity contribution is 6.04. The Labute approximate surface area is 224 Å². The van der Waals surface area contributed by atoms with E-state index in [2.05, 4.69) is 10.6 Å². The Balaban J connectivity index is 1.45. The lowest BCUT2D eigenvalue weighted by atomic mass is 9.66. The van der Waals surface area contributed by atoms with Gasteiger partial charge in [-0.15, -0.1) is 0 Å². The van der Waals surface area contributed by atoms with Gasteiger partial charge < -0.3 is 25.4 Å². The van der Waals surface area contributed by atoms with Crippen LogP contribution in [0.4, 0.5) is 5.69 Å². The first-order valence-electron chi connectivity index (χ1n) is 14.0. The molecule has 3 heterocycles. The number of hydrogen-bond donors (Lipinski definition) is 3. The summed E-state index contributed by atoms with van der Waals surface area (Å²) in [5, 5.41) is 17.3. The van der Waals surface area contributed by atoms with Crippen molar-refractivity contribution in [2.45, 2.75) is 76.0 Å². The van der Waals surface area contributed by atoms with Gasteiger partial charge in [-0.05, 0) is 61.9 Å². The molecule has 3 aliphatic heterocycles. The molecule has 0 saturated carbocycles. The Morgan fingerprint density at radius 3 is 2.58 bits per heavy atom. The smallest absolute Gasteiger partial charge is 0.250 e. The van der Waals surface area contributed by atoms with E-state index in [-0.39, 0.29) is 24.3 Å². The van der Waals surface area contributed by atoms with Gasteiger partial charge in [-0.2, -0.15) is 0 Å². The van der Waals surface area contributed by atoms with Crippen molar-refractivity contribution >= 4 is 34.2 Å². The standard InChI is InChI=1S/C30H39N3O5/c1-3-16-31-26(35)23-24-28(37)33(17-8-4-5-9-18-34)25(30(24)15-14-29(23,2)38-30)27(36)32-22-13-12-20-10-6-7-11-21(20)19-22/h6-7,10-13,19,23-25,34H,3-5,8-9,14-18H2,1-2H3,(H,31,35)(H,32,36)/t23-,24-,25?,29+,30?/m0/s1. The van der Waals surface area contributed by atoms with Crippen molar-refractivity contribution in [3.8, 4) is 0 Å². The minimum Gasteiger partial charge on any atom is -0.396 e. The van der Waals surface area contributed by atoms with Crippen LogP contribution in [0, 0.1) is 11.8 Å². The van der Waals surface area contributed by atoms with Gasteiger partial charge in [-0.3, -0.25) is 14.4 Å².